The number of rotatable bonds is 8. The topological polar surface area (TPSA) is 75.7 Å². The Morgan fingerprint density at radius 3 is 2.75 bits per heavy atom. The minimum absolute atomic E-state index is 0.0929. The second-order valence-corrected chi connectivity index (χ2v) is 10.1. The van der Waals surface area contributed by atoms with Crippen LogP contribution in [0.15, 0.2) is 46.7 Å². The lowest BCUT2D eigenvalue weighted by atomic mass is 10.1. The molecule has 2 fully saturated rings. The summed E-state index contributed by atoms with van der Waals surface area (Å²) in [7, 11) is -3.68. The van der Waals surface area contributed by atoms with Crippen LogP contribution in [0.5, 0.6) is 0 Å². The molecule has 1 atom stereocenters. The van der Waals surface area contributed by atoms with Crippen LogP contribution in [0.25, 0.3) is 0 Å². The van der Waals surface area contributed by atoms with E-state index in [4.69, 9.17) is 4.74 Å². The van der Waals surface area contributed by atoms with Crippen molar-refractivity contribution in [2.24, 2.45) is 5.92 Å². The number of hydrogen-bond acceptors (Lipinski definition) is 5. The second kappa shape index (κ2) is 8.32. The number of nitrogens with one attached hydrogen (secondary N) is 1. The molecule has 1 aromatic carbocycles. The Bertz CT molecular complexity index is 917. The molecule has 4 rings (SSSR count). The molecule has 1 N–H and O–H groups in total. The summed E-state index contributed by atoms with van der Waals surface area (Å²) in [6.45, 7) is 2.36. The van der Waals surface area contributed by atoms with E-state index in [1.807, 2.05) is 22.4 Å². The van der Waals surface area contributed by atoms with Gasteiger partial charge in [0.15, 0.2) is 0 Å². The van der Waals surface area contributed by atoms with Gasteiger partial charge in [-0.15, -0.1) is 11.3 Å². The Hall–Kier alpha value is -1.74. The van der Waals surface area contributed by atoms with Gasteiger partial charge in [-0.05, 0) is 48.9 Å². The largest absolute Gasteiger partial charge is 0.381 e. The molecule has 0 spiro atoms. The highest BCUT2D eigenvalue weighted by Crippen LogP contribution is 2.30. The van der Waals surface area contributed by atoms with Crippen molar-refractivity contribution < 1.29 is 17.9 Å². The second-order valence-electron chi connectivity index (χ2n) is 7.35. The molecule has 6 nitrogen and oxygen atoms in total. The SMILES string of the molecule is O=C(c1cccc(S(=O)(=O)NCc2cccs2)c1)N(C[C@@H]1CCOC1)C1CC1. The van der Waals surface area contributed by atoms with E-state index < -0.39 is 10.0 Å². The van der Waals surface area contributed by atoms with E-state index in [0.29, 0.717) is 24.6 Å². The van der Waals surface area contributed by atoms with Gasteiger partial charge in [0.05, 0.1) is 11.5 Å². The van der Waals surface area contributed by atoms with Gasteiger partial charge in [0.25, 0.3) is 5.91 Å². The number of hydrogen-bond donors (Lipinski definition) is 1. The van der Waals surface area contributed by atoms with Crippen LogP contribution in [0.1, 0.15) is 34.5 Å². The Morgan fingerprint density at radius 1 is 1.21 bits per heavy atom. The van der Waals surface area contributed by atoms with Crippen LogP contribution >= 0.6 is 11.3 Å². The molecule has 1 amide bonds. The number of carbonyl (C=O) groups excluding carboxylic acids is 1. The van der Waals surface area contributed by atoms with Crippen molar-refractivity contribution in [2.45, 2.75) is 36.7 Å². The zero-order valence-corrected chi connectivity index (χ0v) is 17.2. The first-order valence-electron chi connectivity index (χ1n) is 9.54. The number of sulfonamides is 1. The van der Waals surface area contributed by atoms with Gasteiger partial charge in [-0.25, -0.2) is 13.1 Å². The zero-order chi connectivity index (χ0) is 19.6. The van der Waals surface area contributed by atoms with E-state index in [1.165, 1.54) is 23.5 Å². The van der Waals surface area contributed by atoms with Crippen molar-refractivity contribution in [1.82, 2.24) is 9.62 Å². The average Bonchev–Trinajstić information content (AvgIpc) is 3.18. The predicted octanol–water partition coefficient (Wildman–Crippen LogP) is 2.87. The smallest absolute Gasteiger partial charge is 0.254 e. The Balaban J connectivity index is 1.49. The summed E-state index contributed by atoms with van der Waals surface area (Å²) in [5, 5.41) is 1.91. The first kappa shape index (κ1) is 19.6. The quantitative estimate of drug-likeness (QED) is 0.713. The van der Waals surface area contributed by atoms with Crippen LogP contribution in [-0.4, -0.2) is 45.0 Å². The molecule has 1 saturated heterocycles. The van der Waals surface area contributed by atoms with Crippen molar-refractivity contribution in [1.29, 1.82) is 0 Å². The molecule has 1 aliphatic carbocycles. The summed E-state index contributed by atoms with van der Waals surface area (Å²) < 4.78 is 33.3. The molecular weight excluding hydrogens is 396 g/mol. The van der Waals surface area contributed by atoms with Crippen molar-refractivity contribution in [3.8, 4) is 0 Å². The van der Waals surface area contributed by atoms with Crippen molar-refractivity contribution in [3.63, 3.8) is 0 Å². The molecule has 1 aromatic heterocycles. The van der Waals surface area contributed by atoms with Crippen molar-refractivity contribution >= 4 is 27.3 Å². The van der Waals surface area contributed by atoms with Crippen molar-refractivity contribution in [2.75, 3.05) is 19.8 Å². The maximum absolute atomic E-state index is 13.1. The molecule has 1 saturated carbocycles. The maximum Gasteiger partial charge on any atom is 0.254 e. The lowest BCUT2D eigenvalue weighted by Gasteiger charge is -2.25. The lowest BCUT2D eigenvalue weighted by molar-refractivity contribution is 0.0706. The van der Waals surface area contributed by atoms with E-state index >= 15 is 0 Å². The van der Waals surface area contributed by atoms with Crippen LogP contribution in [-0.2, 0) is 21.3 Å². The highest BCUT2D eigenvalue weighted by Gasteiger charge is 2.35. The van der Waals surface area contributed by atoms with Crippen LogP contribution in [0.2, 0.25) is 0 Å². The summed E-state index contributed by atoms with van der Waals surface area (Å²) in [6, 6.07) is 10.4. The fourth-order valence-corrected chi connectivity index (χ4v) is 5.20. The maximum atomic E-state index is 13.1. The molecule has 28 heavy (non-hydrogen) atoms. The van der Waals surface area contributed by atoms with Gasteiger partial charge >= 0.3 is 0 Å². The summed E-state index contributed by atoms with van der Waals surface area (Å²) in [4.78, 5) is 16.1. The Morgan fingerprint density at radius 2 is 2.07 bits per heavy atom. The fraction of sp³-hybridized carbons (Fsp3) is 0.450. The fourth-order valence-electron chi connectivity index (χ4n) is 3.41. The standard InChI is InChI=1S/C20H24N2O4S2/c23-20(22(17-6-7-17)13-15-8-9-26-14-15)16-3-1-5-19(11-16)28(24,25)21-12-18-4-2-10-27-18/h1-5,10-11,15,17,21H,6-9,12-14H2/t15-/m0/s1. The number of thiophene rings is 1. The molecular formula is C20H24N2O4S2. The average molecular weight is 421 g/mol. The molecule has 150 valence electrons. The van der Waals surface area contributed by atoms with E-state index in [0.717, 1.165) is 30.7 Å². The minimum Gasteiger partial charge on any atom is -0.381 e. The molecule has 0 radical (unpaired) electrons. The monoisotopic (exact) mass is 420 g/mol. The van der Waals surface area contributed by atoms with Crippen LogP contribution in [0, 0.1) is 5.92 Å². The number of benzene rings is 1. The molecule has 1 aliphatic heterocycles. The number of amides is 1. The highest BCUT2D eigenvalue weighted by molar-refractivity contribution is 7.89. The van der Waals surface area contributed by atoms with E-state index in [-0.39, 0.29) is 23.4 Å². The van der Waals surface area contributed by atoms with Gasteiger partial charge in [-0.1, -0.05) is 12.1 Å². The van der Waals surface area contributed by atoms with Crippen LogP contribution in [0.4, 0.5) is 0 Å². The van der Waals surface area contributed by atoms with Gasteiger partial charge in [0, 0.05) is 42.1 Å². The first-order valence-corrected chi connectivity index (χ1v) is 11.9. The van der Waals surface area contributed by atoms with Gasteiger partial charge < -0.3 is 9.64 Å². The van der Waals surface area contributed by atoms with Gasteiger partial charge in [0.2, 0.25) is 10.0 Å². The summed E-state index contributed by atoms with van der Waals surface area (Å²) in [5.74, 6) is 0.272. The molecule has 0 unspecified atom stereocenters. The Kier molecular flexibility index (Phi) is 5.82. The first-order chi connectivity index (χ1) is 13.5. The number of ether oxygens (including phenoxy) is 1. The molecule has 2 heterocycles. The third-order valence-corrected chi connectivity index (χ3v) is 7.41. The third-order valence-electron chi connectivity index (χ3n) is 5.14. The highest BCUT2D eigenvalue weighted by atomic mass is 32.2. The van der Waals surface area contributed by atoms with Crippen LogP contribution < -0.4 is 4.72 Å². The van der Waals surface area contributed by atoms with Gasteiger partial charge in [-0.2, -0.15) is 0 Å². The minimum atomic E-state index is -3.68. The zero-order valence-electron chi connectivity index (χ0n) is 15.5. The van der Waals surface area contributed by atoms with Gasteiger partial charge in [-0.3, -0.25) is 4.79 Å². The predicted molar refractivity (Wildman–Crippen MR) is 108 cm³/mol. The lowest BCUT2D eigenvalue weighted by Crippen LogP contribution is -2.37. The Labute approximate surface area is 169 Å². The van der Waals surface area contributed by atoms with E-state index in [1.54, 1.807) is 12.1 Å². The van der Waals surface area contributed by atoms with Crippen molar-refractivity contribution in [3.05, 3.63) is 52.2 Å². The van der Waals surface area contributed by atoms with Crippen LogP contribution in [0.3, 0.4) is 0 Å². The van der Waals surface area contributed by atoms with E-state index in [2.05, 4.69) is 4.72 Å². The molecule has 0 bridgehead atoms. The number of carbonyl (C=O) groups is 1. The number of nitrogens with zero attached hydrogens (tertiary/aromatic N) is 1. The summed E-state index contributed by atoms with van der Waals surface area (Å²) in [6.07, 6.45) is 3.00. The molecule has 2 aliphatic rings. The summed E-state index contributed by atoms with van der Waals surface area (Å²) >= 11 is 1.50. The molecule has 8 heteroatoms. The van der Waals surface area contributed by atoms with Gasteiger partial charge in [0.1, 0.15) is 0 Å². The third kappa shape index (κ3) is 4.63. The molecule has 2 aromatic rings. The van der Waals surface area contributed by atoms with E-state index in [9.17, 15) is 13.2 Å². The summed E-state index contributed by atoms with van der Waals surface area (Å²) in [5.41, 5.74) is 0.421. The normalized spacial score (nSPS) is 19.6.